The van der Waals surface area contributed by atoms with Gasteiger partial charge >= 0.3 is 0 Å². The lowest BCUT2D eigenvalue weighted by molar-refractivity contribution is 0.0867. The summed E-state index contributed by atoms with van der Waals surface area (Å²) in [6.07, 6.45) is 2.46. The first-order chi connectivity index (χ1) is 7.29. The molecule has 15 heavy (non-hydrogen) atoms. The number of hydrogen-bond donors (Lipinski definition) is 0. The van der Waals surface area contributed by atoms with E-state index in [9.17, 15) is 4.79 Å². The zero-order valence-electron chi connectivity index (χ0n) is 9.15. The highest BCUT2D eigenvalue weighted by atomic mass is 16.1. The Morgan fingerprint density at radius 1 is 1.20 bits per heavy atom. The maximum absolute atomic E-state index is 12.1. The van der Waals surface area contributed by atoms with Crippen molar-refractivity contribution in [1.29, 1.82) is 0 Å². The Morgan fingerprint density at radius 3 is 2.40 bits per heavy atom. The van der Waals surface area contributed by atoms with Crippen molar-refractivity contribution >= 4 is 5.78 Å². The topological polar surface area (TPSA) is 20.3 Å². The molecule has 1 heterocycles. The highest BCUT2D eigenvalue weighted by Gasteiger charge is 2.24. The van der Waals surface area contributed by atoms with E-state index in [1.54, 1.807) is 0 Å². The molecule has 1 aromatic rings. The van der Waals surface area contributed by atoms with Crippen LogP contribution in [-0.2, 0) is 0 Å². The number of hydrogen-bond acceptors (Lipinski definition) is 2. The van der Waals surface area contributed by atoms with Crippen LogP contribution in [0.4, 0.5) is 0 Å². The quantitative estimate of drug-likeness (QED) is 0.703. The average Bonchev–Trinajstić information content (AvgIpc) is 2.82. The van der Waals surface area contributed by atoms with E-state index in [1.807, 2.05) is 37.3 Å². The van der Waals surface area contributed by atoms with Crippen molar-refractivity contribution in [2.45, 2.75) is 25.8 Å². The van der Waals surface area contributed by atoms with Gasteiger partial charge in [-0.15, -0.1) is 0 Å². The number of ketones is 1. The first-order valence-corrected chi connectivity index (χ1v) is 5.62. The first-order valence-electron chi connectivity index (χ1n) is 5.62. The second-order valence-corrected chi connectivity index (χ2v) is 4.15. The van der Waals surface area contributed by atoms with Gasteiger partial charge in [0.05, 0.1) is 6.04 Å². The molecule has 0 aliphatic carbocycles. The molecular formula is C13H17NO. The SMILES string of the molecule is C[C@H](C(=O)c1ccccc1)N1CCCC1. The molecule has 1 saturated heterocycles. The van der Waals surface area contributed by atoms with Crippen LogP contribution in [0.5, 0.6) is 0 Å². The summed E-state index contributed by atoms with van der Waals surface area (Å²) in [6.45, 7) is 4.15. The minimum atomic E-state index is 0.0369. The normalized spacial score (nSPS) is 19.0. The third-order valence-electron chi connectivity index (χ3n) is 3.13. The lowest BCUT2D eigenvalue weighted by Crippen LogP contribution is -2.36. The van der Waals surface area contributed by atoms with Gasteiger partial charge in [-0.2, -0.15) is 0 Å². The zero-order chi connectivity index (χ0) is 10.7. The van der Waals surface area contributed by atoms with Gasteiger partial charge in [-0.3, -0.25) is 9.69 Å². The monoisotopic (exact) mass is 203 g/mol. The molecule has 0 saturated carbocycles. The Hall–Kier alpha value is -1.15. The van der Waals surface area contributed by atoms with Gasteiger partial charge in [-0.05, 0) is 32.9 Å². The average molecular weight is 203 g/mol. The van der Waals surface area contributed by atoms with Crippen LogP contribution < -0.4 is 0 Å². The Balaban J connectivity index is 2.07. The fourth-order valence-corrected chi connectivity index (χ4v) is 2.14. The molecule has 1 aromatic carbocycles. The molecule has 0 unspecified atom stereocenters. The van der Waals surface area contributed by atoms with E-state index in [0.29, 0.717) is 0 Å². The van der Waals surface area contributed by atoms with Crippen LogP contribution in [0.1, 0.15) is 30.1 Å². The van der Waals surface area contributed by atoms with E-state index in [1.165, 1.54) is 12.8 Å². The third-order valence-corrected chi connectivity index (χ3v) is 3.13. The zero-order valence-corrected chi connectivity index (χ0v) is 9.15. The maximum Gasteiger partial charge on any atom is 0.179 e. The fourth-order valence-electron chi connectivity index (χ4n) is 2.14. The Labute approximate surface area is 90.9 Å². The summed E-state index contributed by atoms with van der Waals surface area (Å²) >= 11 is 0. The number of rotatable bonds is 3. The predicted molar refractivity (Wildman–Crippen MR) is 61.0 cm³/mol. The number of likely N-dealkylation sites (tertiary alicyclic amines) is 1. The van der Waals surface area contributed by atoms with E-state index in [0.717, 1.165) is 18.7 Å². The predicted octanol–water partition coefficient (Wildman–Crippen LogP) is 2.35. The Bertz CT molecular complexity index is 328. The molecule has 0 radical (unpaired) electrons. The summed E-state index contributed by atoms with van der Waals surface area (Å²) in [7, 11) is 0. The lowest BCUT2D eigenvalue weighted by Gasteiger charge is -2.22. The standard InChI is InChI=1S/C13H17NO/c1-11(14-9-5-6-10-14)13(15)12-7-3-2-4-8-12/h2-4,7-8,11H,5-6,9-10H2,1H3/t11-/m1/s1. The van der Waals surface area contributed by atoms with Crippen LogP contribution in [0, 0.1) is 0 Å². The highest BCUT2D eigenvalue weighted by molar-refractivity contribution is 5.99. The molecule has 0 spiro atoms. The number of carbonyl (C=O) groups is 1. The molecule has 2 rings (SSSR count). The van der Waals surface area contributed by atoms with Gasteiger partial charge in [0.1, 0.15) is 0 Å². The number of nitrogens with zero attached hydrogens (tertiary/aromatic N) is 1. The van der Waals surface area contributed by atoms with Crippen LogP contribution in [0.15, 0.2) is 30.3 Å². The van der Waals surface area contributed by atoms with E-state index in [2.05, 4.69) is 4.90 Å². The first kappa shape index (κ1) is 10.4. The Morgan fingerprint density at radius 2 is 1.80 bits per heavy atom. The smallest absolute Gasteiger partial charge is 0.179 e. The fraction of sp³-hybridized carbons (Fsp3) is 0.462. The summed E-state index contributed by atoms with van der Waals surface area (Å²) in [5.41, 5.74) is 0.830. The molecule has 80 valence electrons. The van der Waals surface area contributed by atoms with Crippen LogP contribution in [-0.4, -0.2) is 29.8 Å². The highest BCUT2D eigenvalue weighted by Crippen LogP contribution is 2.15. The lowest BCUT2D eigenvalue weighted by atomic mass is 10.0. The Kier molecular flexibility index (Phi) is 3.17. The summed E-state index contributed by atoms with van der Waals surface area (Å²) in [4.78, 5) is 14.4. The summed E-state index contributed by atoms with van der Waals surface area (Å²) in [5, 5.41) is 0. The van der Waals surface area contributed by atoms with Gasteiger partial charge in [0.2, 0.25) is 0 Å². The summed E-state index contributed by atoms with van der Waals surface area (Å²) < 4.78 is 0. The largest absolute Gasteiger partial charge is 0.294 e. The van der Waals surface area contributed by atoms with E-state index in [4.69, 9.17) is 0 Å². The molecule has 1 fully saturated rings. The molecule has 0 amide bonds. The van der Waals surface area contributed by atoms with Crippen LogP contribution in [0.3, 0.4) is 0 Å². The van der Waals surface area contributed by atoms with Crippen LogP contribution in [0.2, 0.25) is 0 Å². The minimum Gasteiger partial charge on any atom is -0.294 e. The number of benzene rings is 1. The van der Waals surface area contributed by atoms with E-state index < -0.39 is 0 Å². The van der Waals surface area contributed by atoms with Crippen LogP contribution >= 0.6 is 0 Å². The van der Waals surface area contributed by atoms with Crippen molar-refractivity contribution in [3.63, 3.8) is 0 Å². The van der Waals surface area contributed by atoms with Crippen molar-refractivity contribution in [3.05, 3.63) is 35.9 Å². The van der Waals surface area contributed by atoms with Crippen molar-refractivity contribution in [2.24, 2.45) is 0 Å². The molecular weight excluding hydrogens is 186 g/mol. The van der Waals surface area contributed by atoms with Crippen molar-refractivity contribution in [1.82, 2.24) is 4.90 Å². The van der Waals surface area contributed by atoms with Gasteiger partial charge in [0.25, 0.3) is 0 Å². The summed E-state index contributed by atoms with van der Waals surface area (Å²) in [5.74, 6) is 0.248. The molecule has 0 bridgehead atoms. The van der Waals surface area contributed by atoms with Gasteiger partial charge in [0, 0.05) is 5.56 Å². The minimum absolute atomic E-state index is 0.0369. The van der Waals surface area contributed by atoms with Crippen molar-refractivity contribution in [3.8, 4) is 0 Å². The van der Waals surface area contributed by atoms with E-state index in [-0.39, 0.29) is 11.8 Å². The van der Waals surface area contributed by atoms with Crippen LogP contribution in [0.25, 0.3) is 0 Å². The van der Waals surface area contributed by atoms with Gasteiger partial charge in [-0.25, -0.2) is 0 Å². The third kappa shape index (κ3) is 2.26. The van der Waals surface area contributed by atoms with Gasteiger partial charge in [-0.1, -0.05) is 30.3 Å². The van der Waals surface area contributed by atoms with Gasteiger partial charge in [0.15, 0.2) is 5.78 Å². The molecule has 1 atom stereocenters. The van der Waals surface area contributed by atoms with E-state index >= 15 is 0 Å². The number of carbonyl (C=O) groups excluding carboxylic acids is 1. The molecule has 2 nitrogen and oxygen atoms in total. The van der Waals surface area contributed by atoms with Crippen molar-refractivity contribution in [2.75, 3.05) is 13.1 Å². The summed E-state index contributed by atoms with van der Waals surface area (Å²) in [6, 6.07) is 9.62. The molecule has 2 heteroatoms. The maximum atomic E-state index is 12.1. The molecule has 1 aliphatic heterocycles. The second-order valence-electron chi connectivity index (χ2n) is 4.15. The van der Waals surface area contributed by atoms with Gasteiger partial charge < -0.3 is 0 Å². The molecule has 0 N–H and O–H groups in total. The number of Topliss-reactive ketones (excluding diaryl/α,β-unsaturated/α-hetero) is 1. The molecule has 0 aromatic heterocycles. The molecule has 1 aliphatic rings. The second kappa shape index (κ2) is 4.58. The van der Waals surface area contributed by atoms with Crippen molar-refractivity contribution < 1.29 is 4.79 Å².